The molecule has 5 rings (SSSR count). The van der Waals surface area contributed by atoms with Crippen molar-refractivity contribution in [1.29, 1.82) is 0 Å². The summed E-state index contributed by atoms with van der Waals surface area (Å²) in [6.07, 6.45) is 3.49. The monoisotopic (exact) mass is 421 g/mol. The first kappa shape index (κ1) is 19.9. The summed E-state index contributed by atoms with van der Waals surface area (Å²) in [5.41, 5.74) is 5.82. The molecule has 0 N–H and O–H groups in total. The zero-order chi connectivity index (χ0) is 22.6. The van der Waals surface area contributed by atoms with Crippen LogP contribution in [0.3, 0.4) is 0 Å². The molecule has 0 aliphatic rings. The number of benzene rings is 2. The Hall–Kier alpha value is -3.99. The lowest BCUT2D eigenvalue weighted by Gasteiger charge is -2.13. The Morgan fingerprint density at radius 1 is 0.656 bits per heavy atom. The maximum absolute atomic E-state index is 13.5. The van der Waals surface area contributed by atoms with E-state index in [4.69, 9.17) is 0 Å². The predicted molar refractivity (Wildman–Crippen MR) is 129 cm³/mol. The Kier molecular flexibility index (Phi) is 4.55. The fraction of sp³-hybridized carbons (Fsp3) is 0.148. The Labute approximate surface area is 185 Å². The number of aromatic nitrogens is 3. The van der Waals surface area contributed by atoms with Gasteiger partial charge in [0, 0.05) is 29.2 Å². The van der Waals surface area contributed by atoms with Crippen LogP contribution in [-0.4, -0.2) is 14.1 Å². The molecule has 0 aliphatic heterocycles. The molecule has 2 aromatic carbocycles. The quantitative estimate of drug-likeness (QED) is 0.380. The highest BCUT2D eigenvalue weighted by atomic mass is 16.1. The number of hydrogen-bond donors (Lipinski definition) is 0. The molecule has 0 aliphatic carbocycles. The third-order valence-electron chi connectivity index (χ3n) is 6.16. The van der Waals surface area contributed by atoms with E-state index >= 15 is 0 Å². The third-order valence-corrected chi connectivity index (χ3v) is 6.16. The molecule has 3 aromatic heterocycles. The van der Waals surface area contributed by atoms with Crippen LogP contribution in [-0.2, 0) is 0 Å². The molecule has 3 heterocycles. The van der Waals surface area contributed by atoms with E-state index in [1.807, 2.05) is 82.3 Å². The maximum atomic E-state index is 13.5. The summed E-state index contributed by atoms with van der Waals surface area (Å²) in [6.45, 7) is 7.90. The number of pyridine rings is 3. The summed E-state index contributed by atoms with van der Waals surface area (Å²) in [6, 6.07) is 17.4. The lowest BCUT2D eigenvalue weighted by molar-refractivity contribution is 0.993. The van der Waals surface area contributed by atoms with Gasteiger partial charge in [-0.15, -0.1) is 0 Å². The average Bonchev–Trinajstić information content (AvgIpc) is 2.77. The maximum Gasteiger partial charge on any atom is 0.265 e. The molecule has 32 heavy (non-hydrogen) atoms. The molecule has 5 aromatic rings. The summed E-state index contributed by atoms with van der Waals surface area (Å²) < 4.78 is 3.23. The number of fused-ring (bicyclic) bond motifs is 3. The highest BCUT2D eigenvalue weighted by Crippen LogP contribution is 2.23. The van der Waals surface area contributed by atoms with Crippen LogP contribution in [0.1, 0.15) is 22.4 Å². The molecule has 0 spiro atoms. The Morgan fingerprint density at radius 3 is 2.00 bits per heavy atom. The van der Waals surface area contributed by atoms with E-state index in [2.05, 4.69) is 4.98 Å². The van der Waals surface area contributed by atoms with Gasteiger partial charge in [0.05, 0.1) is 22.0 Å². The fourth-order valence-electron chi connectivity index (χ4n) is 4.19. The smallest absolute Gasteiger partial charge is 0.265 e. The van der Waals surface area contributed by atoms with Crippen LogP contribution in [0, 0.1) is 27.7 Å². The first-order chi connectivity index (χ1) is 15.3. The van der Waals surface area contributed by atoms with Crippen molar-refractivity contribution in [2.75, 3.05) is 0 Å². The van der Waals surface area contributed by atoms with Gasteiger partial charge in [0.2, 0.25) is 0 Å². The van der Waals surface area contributed by atoms with E-state index in [-0.39, 0.29) is 11.1 Å². The molecular formula is C27H23N3O2. The molecule has 0 atom stereocenters. The fourth-order valence-corrected chi connectivity index (χ4v) is 4.19. The van der Waals surface area contributed by atoms with Crippen molar-refractivity contribution in [2.45, 2.75) is 27.7 Å². The molecule has 0 saturated carbocycles. The van der Waals surface area contributed by atoms with E-state index in [9.17, 15) is 9.59 Å². The van der Waals surface area contributed by atoms with E-state index in [1.54, 1.807) is 21.5 Å². The Morgan fingerprint density at radius 2 is 1.28 bits per heavy atom. The highest BCUT2D eigenvalue weighted by Gasteiger charge is 2.16. The predicted octanol–water partition coefficient (Wildman–Crippen LogP) is 4.92. The summed E-state index contributed by atoms with van der Waals surface area (Å²) in [4.78, 5) is 31.6. The van der Waals surface area contributed by atoms with Crippen LogP contribution in [0.4, 0.5) is 0 Å². The van der Waals surface area contributed by atoms with Crippen molar-refractivity contribution in [3.63, 3.8) is 0 Å². The number of nitrogens with zero attached hydrogens (tertiary/aromatic N) is 3. The van der Waals surface area contributed by atoms with Crippen molar-refractivity contribution < 1.29 is 0 Å². The first-order valence-corrected chi connectivity index (χ1v) is 10.6. The van der Waals surface area contributed by atoms with Crippen molar-refractivity contribution in [3.8, 4) is 11.4 Å². The molecule has 0 amide bonds. The van der Waals surface area contributed by atoms with E-state index in [0.717, 1.165) is 22.5 Å². The van der Waals surface area contributed by atoms with Gasteiger partial charge in [-0.2, -0.15) is 0 Å². The van der Waals surface area contributed by atoms with Gasteiger partial charge < -0.3 is 0 Å². The van der Waals surface area contributed by atoms with Gasteiger partial charge in [-0.25, -0.2) is 0 Å². The normalized spacial score (nSPS) is 11.4. The summed E-state index contributed by atoms with van der Waals surface area (Å²) >= 11 is 0. The number of hydrogen-bond acceptors (Lipinski definition) is 3. The molecule has 0 unspecified atom stereocenters. The molecular weight excluding hydrogens is 398 g/mol. The van der Waals surface area contributed by atoms with Crippen LogP contribution in [0.25, 0.3) is 33.1 Å². The van der Waals surface area contributed by atoms with Crippen LogP contribution in [0.5, 0.6) is 0 Å². The largest absolute Gasteiger partial charge is 0.284 e. The molecule has 158 valence electrons. The van der Waals surface area contributed by atoms with Crippen molar-refractivity contribution in [1.82, 2.24) is 14.1 Å². The second-order valence-electron chi connectivity index (χ2n) is 8.33. The van der Waals surface area contributed by atoms with Crippen molar-refractivity contribution >= 4 is 21.7 Å². The minimum absolute atomic E-state index is 0.178. The minimum Gasteiger partial charge on any atom is -0.284 e. The van der Waals surface area contributed by atoms with Crippen LogP contribution < -0.4 is 11.1 Å². The topological polar surface area (TPSA) is 56.9 Å². The molecule has 0 fully saturated rings. The number of aryl methyl sites for hydroxylation is 4. The highest BCUT2D eigenvalue weighted by molar-refractivity contribution is 6.05. The van der Waals surface area contributed by atoms with Gasteiger partial charge in [0.15, 0.2) is 0 Å². The molecule has 0 radical (unpaired) electrons. The lowest BCUT2D eigenvalue weighted by Crippen LogP contribution is -2.22. The van der Waals surface area contributed by atoms with Gasteiger partial charge in [-0.3, -0.25) is 23.7 Å². The van der Waals surface area contributed by atoms with E-state index in [1.165, 1.54) is 5.56 Å². The second-order valence-corrected chi connectivity index (χ2v) is 8.33. The lowest BCUT2D eigenvalue weighted by atomic mass is 10.1. The van der Waals surface area contributed by atoms with Crippen LogP contribution in [0.2, 0.25) is 0 Å². The van der Waals surface area contributed by atoms with Crippen LogP contribution in [0.15, 0.2) is 76.6 Å². The van der Waals surface area contributed by atoms with Crippen molar-refractivity contribution in [3.05, 3.63) is 110 Å². The summed E-state index contributed by atoms with van der Waals surface area (Å²) in [5, 5.41) is 1.55. The standard InChI is InChI=1S/C27H23N3O2/c1-16-5-8-20(9-6-16)29-14-12-23-25(27(29)32)22-11-13-30(26(31)24(22)19(4)28-23)21-10-7-17(2)18(3)15-21/h5-15H,1-4H3. The van der Waals surface area contributed by atoms with Gasteiger partial charge in [0.25, 0.3) is 11.1 Å². The third kappa shape index (κ3) is 3.05. The average molecular weight is 422 g/mol. The SMILES string of the molecule is Cc1ccc(-n2ccc3nc(C)c4c(=O)n(-c5ccc(C)c(C)c5)ccc4c3c2=O)cc1. The molecule has 5 nitrogen and oxygen atoms in total. The van der Waals surface area contributed by atoms with Gasteiger partial charge >= 0.3 is 0 Å². The second kappa shape index (κ2) is 7.31. The van der Waals surface area contributed by atoms with Crippen molar-refractivity contribution in [2.24, 2.45) is 0 Å². The molecule has 0 bridgehead atoms. The van der Waals surface area contributed by atoms with Gasteiger partial charge in [-0.1, -0.05) is 23.8 Å². The van der Waals surface area contributed by atoms with Gasteiger partial charge in [-0.05, 0) is 75.2 Å². The molecule has 0 saturated heterocycles. The Bertz CT molecular complexity index is 1640. The zero-order valence-electron chi connectivity index (χ0n) is 18.5. The minimum atomic E-state index is -0.188. The van der Waals surface area contributed by atoms with E-state index < -0.39 is 0 Å². The first-order valence-electron chi connectivity index (χ1n) is 10.6. The number of rotatable bonds is 2. The zero-order valence-corrected chi connectivity index (χ0v) is 18.5. The summed E-state index contributed by atoms with van der Waals surface area (Å²) in [7, 11) is 0. The van der Waals surface area contributed by atoms with E-state index in [0.29, 0.717) is 27.4 Å². The van der Waals surface area contributed by atoms with Gasteiger partial charge in [0.1, 0.15) is 0 Å². The van der Waals surface area contributed by atoms with Crippen LogP contribution >= 0.6 is 0 Å². The summed E-state index contributed by atoms with van der Waals surface area (Å²) in [5.74, 6) is 0. The molecule has 5 heteroatoms. The Balaban J connectivity index is 1.82.